The van der Waals surface area contributed by atoms with E-state index in [1.54, 1.807) is 12.3 Å². The van der Waals surface area contributed by atoms with Gasteiger partial charge in [0, 0.05) is 47.4 Å². The second-order valence-electron chi connectivity index (χ2n) is 7.74. The molecule has 0 radical (unpaired) electrons. The number of nitrogens with one attached hydrogen (secondary N) is 1. The number of carbonyl (C=O) groups is 1. The number of piperidine rings is 1. The lowest BCUT2D eigenvalue weighted by molar-refractivity contribution is 0.134. The van der Waals surface area contributed by atoms with E-state index in [-0.39, 0.29) is 23.2 Å². The van der Waals surface area contributed by atoms with E-state index in [4.69, 9.17) is 5.73 Å². The van der Waals surface area contributed by atoms with Gasteiger partial charge in [-0.15, -0.1) is 0 Å². The number of nitriles is 1. The molecule has 7 nitrogen and oxygen atoms in total. The fourth-order valence-corrected chi connectivity index (χ4v) is 4.18. The quantitative estimate of drug-likeness (QED) is 0.581. The van der Waals surface area contributed by atoms with Crippen LogP contribution in [0.15, 0.2) is 36.5 Å². The van der Waals surface area contributed by atoms with Gasteiger partial charge in [-0.25, -0.2) is 14.2 Å². The molecule has 0 unspecified atom stereocenters. The van der Waals surface area contributed by atoms with E-state index < -0.39 is 6.09 Å². The maximum Gasteiger partial charge on any atom is 0.407 e. The van der Waals surface area contributed by atoms with Crippen LogP contribution in [0.5, 0.6) is 0 Å². The summed E-state index contributed by atoms with van der Waals surface area (Å²) in [5.41, 5.74) is 8.84. The SMILES string of the molecule is Cc1cccc(F)c1-c1cc(NC2CCN(C(=O)O)CC2)c2c(C#N)c(N)ncc2c1. The summed E-state index contributed by atoms with van der Waals surface area (Å²) in [6.07, 6.45) is 1.91. The number of hydrogen-bond acceptors (Lipinski definition) is 5. The Morgan fingerprint density at radius 2 is 2.10 bits per heavy atom. The first-order chi connectivity index (χ1) is 14.9. The summed E-state index contributed by atoms with van der Waals surface area (Å²) < 4.78 is 14.7. The van der Waals surface area contributed by atoms with Crippen LogP contribution >= 0.6 is 0 Å². The standard InChI is InChI=1S/C23H22FN5O2/c1-13-3-2-4-18(24)20(13)14-9-15-12-27-22(26)17(11-25)21(15)19(10-14)28-16-5-7-29(8-6-16)23(30)31/h2-4,9-10,12,16,28H,5-8H2,1H3,(H2,26,27)(H,30,31). The molecule has 1 saturated heterocycles. The van der Waals surface area contributed by atoms with Gasteiger partial charge in [0.05, 0.1) is 0 Å². The van der Waals surface area contributed by atoms with Crippen molar-refractivity contribution in [1.29, 1.82) is 5.26 Å². The summed E-state index contributed by atoms with van der Waals surface area (Å²) in [5, 5.41) is 23.6. The predicted octanol–water partition coefficient (Wildman–Crippen LogP) is 4.36. The van der Waals surface area contributed by atoms with Gasteiger partial charge in [-0.2, -0.15) is 5.26 Å². The Morgan fingerprint density at radius 1 is 1.35 bits per heavy atom. The van der Waals surface area contributed by atoms with Gasteiger partial charge in [-0.1, -0.05) is 12.1 Å². The van der Waals surface area contributed by atoms with Gasteiger partial charge in [-0.05, 0) is 49.1 Å². The third kappa shape index (κ3) is 3.82. The summed E-state index contributed by atoms with van der Waals surface area (Å²) in [4.78, 5) is 16.7. The molecule has 1 amide bonds. The second-order valence-corrected chi connectivity index (χ2v) is 7.74. The van der Waals surface area contributed by atoms with Crippen molar-refractivity contribution in [2.45, 2.75) is 25.8 Å². The number of pyridine rings is 1. The lowest BCUT2D eigenvalue weighted by Crippen LogP contribution is -2.41. The number of carboxylic acid groups (broad SMARTS) is 1. The number of likely N-dealkylation sites (tertiary alicyclic amines) is 1. The molecule has 0 aliphatic carbocycles. The average Bonchev–Trinajstić information content (AvgIpc) is 2.74. The zero-order valence-corrected chi connectivity index (χ0v) is 17.0. The average molecular weight is 419 g/mol. The summed E-state index contributed by atoms with van der Waals surface area (Å²) >= 11 is 0. The largest absolute Gasteiger partial charge is 0.465 e. The third-order valence-electron chi connectivity index (χ3n) is 5.77. The van der Waals surface area contributed by atoms with Crippen molar-refractivity contribution in [3.8, 4) is 17.2 Å². The van der Waals surface area contributed by atoms with Crippen LogP contribution in [0.2, 0.25) is 0 Å². The van der Waals surface area contributed by atoms with Crippen LogP contribution < -0.4 is 11.1 Å². The van der Waals surface area contributed by atoms with E-state index in [9.17, 15) is 19.6 Å². The van der Waals surface area contributed by atoms with Crippen molar-refractivity contribution in [3.05, 3.63) is 53.5 Å². The number of fused-ring (bicyclic) bond motifs is 1. The van der Waals surface area contributed by atoms with Crippen LogP contribution in [-0.2, 0) is 0 Å². The zero-order chi connectivity index (χ0) is 22.1. The molecule has 2 aromatic carbocycles. The molecule has 1 aliphatic rings. The maximum atomic E-state index is 14.7. The van der Waals surface area contributed by atoms with Crippen LogP contribution in [0.4, 0.5) is 20.7 Å². The molecule has 0 spiro atoms. The summed E-state index contributed by atoms with van der Waals surface area (Å²) in [6.45, 7) is 2.69. The van der Waals surface area contributed by atoms with Crippen molar-refractivity contribution in [1.82, 2.24) is 9.88 Å². The van der Waals surface area contributed by atoms with Gasteiger partial charge in [0.25, 0.3) is 0 Å². The minimum Gasteiger partial charge on any atom is -0.465 e. The van der Waals surface area contributed by atoms with Crippen molar-refractivity contribution >= 4 is 28.4 Å². The van der Waals surface area contributed by atoms with E-state index >= 15 is 0 Å². The predicted molar refractivity (Wildman–Crippen MR) is 117 cm³/mol. The highest BCUT2D eigenvalue weighted by molar-refractivity contribution is 6.03. The van der Waals surface area contributed by atoms with Crippen LogP contribution in [0.3, 0.4) is 0 Å². The number of nitrogen functional groups attached to an aromatic ring is 1. The molecule has 3 aromatic rings. The van der Waals surface area contributed by atoms with Crippen LogP contribution in [0.25, 0.3) is 21.9 Å². The number of amides is 1. The lowest BCUT2D eigenvalue weighted by Gasteiger charge is -2.31. The summed E-state index contributed by atoms with van der Waals surface area (Å²) in [7, 11) is 0. The first-order valence-electron chi connectivity index (χ1n) is 10.0. The number of nitrogens with two attached hydrogens (primary N) is 1. The van der Waals surface area contributed by atoms with E-state index in [1.807, 2.05) is 25.1 Å². The van der Waals surface area contributed by atoms with Gasteiger partial charge in [-0.3, -0.25) is 0 Å². The molecular weight excluding hydrogens is 397 g/mol. The highest BCUT2D eigenvalue weighted by Gasteiger charge is 2.24. The molecule has 0 saturated carbocycles. The van der Waals surface area contributed by atoms with Gasteiger partial charge in [0.1, 0.15) is 23.3 Å². The monoisotopic (exact) mass is 419 g/mol. The Labute approximate surface area is 178 Å². The Morgan fingerprint density at radius 3 is 2.74 bits per heavy atom. The Kier molecular flexibility index (Phi) is 5.34. The lowest BCUT2D eigenvalue weighted by atomic mass is 9.94. The molecule has 1 aliphatic heterocycles. The third-order valence-corrected chi connectivity index (χ3v) is 5.77. The molecule has 1 aromatic heterocycles. The summed E-state index contributed by atoms with van der Waals surface area (Å²) in [5.74, 6) is -0.197. The van der Waals surface area contributed by atoms with E-state index in [0.29, 0.717) is 53.5 Å². The van der Waals surface area contributed by atoms with Crippen molar-refractivity contribution in [3.63, 3.8) is 0 Å². The number of anilines is 2. The zero-order valence-electron chi connectivity index (χ0n) is 17.0. The minimum atomic E-state index is -0.925. The van der Waals surface area contributed by atoms with Gasteiger partial charge < -0.3 is 21.1 Å². The first kappa shape index (κ1) is 20.4. The van der Waals surface area contributed by atoms with Crippen LogP contribution in [0, 0.1) is 24.1 Å². The molecular formula is C23H22FN5O2. The number of hydrogen-bond donors (Lipinski definition) is 3. The van der Waals surface area contributed by atoms with Crippen molar-refractivity contribution < 1.29 is 14.3 Å². The molecule has 2 heterocycles. The highest BCUT2D eigenvalue weighted by Crippen LogP contribution is 2.37. The molecule has 158 valence electrons. The molecule has 4 N–H and O–H groups in total. The van der Waals surface area contributed by atoms with E-state index in [0.717, 1.165) is 5.56 Å². The molecule has 1 fully saturated rings. The van der Waals surface area contributed by atoms with Crippen LogP contribution in [0.1, 0.15) is 24.0 Å². The highest BCUT2D eigenvalue weighted by atomic mass is 19.1. The smallest absolute Gasteiger partial charge is 0.407 e. The fraction of sp³-hybridized carbons (Fsp3) is 0.261. The number of halogens is 1. The van der Waals surface area contributed by atoms with Gasteiger partial charge in [0.15, 0.2) is 0 Å². The minimum absolute atomic E-state index is 0.0108. The van der Waals surface area contributed by atoms with Gasteiger partial charge in [0.2, 0.25) is 0 Å². The first-order valence-corrected chi connectivity index (χ1v) is 10.0. The Hall–Kier alpha value is -3.86. The second kappa shape index (κ2) is 8.11. The summed E-state index contributed by atoms with van der Waals surface area (Å²) in [6, 6.07) is 10.7. The topological polar surface area (TPSA) is 115 Å². The normalized spacial score (nSPS) is 14.4. The van der Waals surface area contributed by atoms with E-state index in [2.05, 4.69) is 16.4 Å². The van der Waals surface area contributed by atoms with Crippen LogP contribution in [-0.4, -0.2) is 40.2 Å². The number of rotatable bonds is 3. The fourth-order valence-electron chi connectivity index (χ4n) is 4.18. The molecule has 4 rings (SSSR count). The van der Waals surface area contributed by atoms with E-state index in [1.165, 1.54) is 11.0 Å². The molecule has 31 heavy (non-hydrogen) atoms. The molecule has 8 heteroatoms. The molecule has 0 atom stereocenters. The van der Waals surface area contributed by atoms with Gasteiger partial charge >= 0.3 is 6.09 Å². The Bertz CT molecular complexity index is 1190. The number of aryl methyl sites for hydroxylation is 1. The number of benzene rings is 2. The van der Waals surface area contributed by atoms with Crippen molar-refractivity contribution in [2.24, 2.45) is 0 Å². The van der Waals surface area contributed by atoms with Crippen molar-refractivity contribution in [2.75, 3.05) is 24.1 Å². The Balaban J connectivity index is 1.83. The number of aromatic nitrogens is 1. The number of nitrogens with zero attached hydrogens (tertiary/aromatic N) is 3. The molecule has 0 bridgehead atoms. The maximum absolute atomic E-state index is 14.7.